The predicted octanol–water partition coefficient (Wildman–Crippen LogP) is 32.4. The van der Waals surface area contributed by atoms with Gasteiger partial charge in [0.15, 0.2) is 0 Å². The Balaban J connectivity index is 0.663. The standard InChI is InChI=1S/C111H68N2S3/c1-3-23-83-70(19-1)21-17-31-85(83)72-41-52-80(53-42-72)112(103-35-13-7-25-87(103)77-48-61-108-97(64-77)93-29-9-15-37-106(93)114-108)79-50-39-69(40-51-79)75-46-58-91-96-63-74(47-60-101(96)111(102(91)66-75)99-33-11-5-26-89(99)90-27-6-12-34-100(90)111)76-45-57-88(78-49-62-109-98(65-78)94-30-10-16-38-107(94)115-109)104(67-76)113(82-56-59-95-92-28-8-14-36-105(92)116-110(95)68-82)81-54-43-73(44-55-81)86-32-18-22-71-20-2-4-24-84(71)86/h1-68H. The first kappa shape index (κ1) is 66.6. The quantitative estimate of drug-likeness (QED) is 0.120. The molecule has 0 saturated heterocycles. The van der Waals surface area contributed by atoms with Gasteiger partial charge in [-0.15, -0.1) is 34.0 Å². The Kier molecular flexibility index (Phi) is 15.2. The molecule has 19 aromatic carbocycles. The second-order valence-electron chi connectivity index (χ2n) is 30.9. The smallest absolute Gasteiger partial charge is 0.0725 e. The molecular formula is C111H68N2S3. The van der Waals surface area contributed by atoms with Crippen LogP contribution in [0.3, 0.4) is 0 Å². The minimum Gasteiger partial charge on any atom is -0.310 e. The van der Waals surface area contributed by atoms with Crippen molar-refractivity contribution < 1.29 is 0 Å². The summed E-state index contributed by atoms with van der Waals surface area (Å²) >= 11 is 5.59. The van der Waals surface area contributed by atoms with Gasteiger partial charge in [-0.3, -0.25) is 0 Å². The maximum atomic E-state index is 2.53. The lowest BCUT2D eigenvalue weighted by Crippen LogP contribution is -2.25. The van der Waals surface area contributed by atoms with E-state index in [1.165, 1.54) is 166 Å². The van der Waals surface area contributed by atoms with Crippen molar-refractivity contribution in [2.24, 2.45) is 0 Å². The van der Waals surface area contributed by atoms with E-state index in [9.17, 15) is 0 Å². The Hall–Kier alpha value is -14.0. The van der Waals surface area contributed by atoms with Crippen LogP contribution in [0.25, 0.3) is 171 Å². The molecular weight excluding hydrogens is 1460 g/mol. The number of para-hydroxylation sites is 1. The molecule has 3 aromatic heterocycles. The third kappa shape index (κ3) is 10.5. The number of anilines is 6. The van der Waals surface area contributed by atoms with E-state index in [4.69, 9.17) is 0 Å². The number of thiophene rings is 3. The van der Waals surface area contributed by atoms with Gasteiger partial charge in [0.2, 0.25) is 0 Å². The number of nitrogens with zero attached hydrogens (tertiary/aromatic N) is 2. The van der Waals surface area contributed by atoms with E-state index in [0.29, 0.717) is 0 Å². The largest absolute Gasteiger partial charge is 0.310 e. The van der Waals surface area contributed by atoms with E-state index in [1.807, 2.05) is 34.0 Å². The van der Waals surface area contributed by atoms with E-state index >= 15 is 0 Å². The van der Waals surface area contributed by atoms with Crippen LogP contribution in [0.15, 0.2) is 413 Å². The van der Waals surface area contributed by atoms with Crippen LogP contribution in [0, 0.1) is 0 Å². The Morgan fingerprint density at radius 2 is 0.526 bits per heavy atom. The predicted molar refractivity (Wildman–Crippen MR) is 498 cm³/mol. The maximum absolute atomic E-state index is 2.53. The lowest BCUT2D eigenvalue weighted by molar-refractivity contribution is 0.794. The van der Waals surface area contributed by atoms with Crippen LogP contribution in [-0.2, 0) is 5.41 Å². The number of rotatable bonds is 12. The molecule has 0 aliphatic heterocycles. The zero-order valence-electron chi connectivity index (χ0n) is 62.9. The molecule has 5 heteroatoms. The molecule has 116 heavy (non-hydrogen) atoms. The maximum Gasteiger partial charge on any atom is 0.0725 e. The highest BCUT2D eigenvalue weighted by Gasteiger charge is 2.52. The lowest BCUT2D eigenvalue weighted by atomic mass is 9.70. The minimum absolute atomic E-state index is 0.594. The average molecular weight is 1530 g/mol. The number of benzene rings is 19. The van der Waals surface area contributed by atoms with Crippen molar-refractivity contribution in [3.05, 3.63) is 435 Å². The Morgan fingerprint density at radius 3 is 1.10 bits per heavy atom. The van der Waals surface area contributed by atoms with Gasteiger partial charge in [-0.05, 0) is 237 Å². The van der Waals surface area contributed by atoms with Gasteiger partial charge in [-0.1, -0.05) is 297 Å². The molecule has 2 aliphatic rings. The average Bonchev–Trinajstić information content (AvgIpc) is 1.50. The van der Waals surface area contributed by atoms with Gasteiger partial charge in [0.1, 0.15) is 0 Å². The molecule has 3 heterocycles. The summed E-state index contributed by atoms with van der Waals surface area (Å²) in [7, 11) is 0. The first-order valence-electron chi connectivity index (χ1n) is 39.8. The summed E-state index contributed by atoms with van der Waals surface area (Å²) in [6.45, 7) is 0. The highest BCUT2D eigenvalue weighted by Crippen LogP contribution is 2.64. The summed E-state index contributed by atoms with van der Waals surface area (Å²) in [5.41, 5.74) is 30.3. The Morgan fingerprint density at radius 1 is 0.164 bits per heavy atom. The van der Waals surface area contributed by atoms with Gasteiger partial charge in [-0.25, -0.2) is 0 Å². The number of fused-ring (bicyclic) bond motifs is 21. The van der Waals surface area contributed by atoms with E-state index in [1.54, 1.807) is 0 Å². The molecule has 0 atom stereocenters. The molecule has 0 fully saturated rings. The summed E-state index contributed by atoms with van der Waals surface area (Å²) in [5.74, 6) is 0. The van der Waals surface area contributed by atoms with Gasteiger partial charge in [0.05, 0.1) is 16.8 Å². The van der Waals surface area contributed by atoms with Crippen LogP contribution in [0.5, 0.6) is 0 Å². The van der Waals surface area contributed by atoms with E-state index < -0.39 is 5.41 Å². The molecule has 22 aromatic rings. The lowest BCUT2D eigenvalue weighted by Gasteiger charge is -2.31. The fourth-order valence-corrected chi connectivity index (χ4v) is 22.7. The van der Waals surface area contributed by atoms with Crippen molar-refractivity contribution >= 4 is 150 Å². The molecule has 0 radical (unpaired) electrons. The summed E-state index contributed by atoms with van der Waals surface area (Å²) in [4.78, 5) is 4.98. The van der Waals surface area contributed by atoms with E-state index in [2.05, 4.69) is 422 Å². The van der Waals surface area contributed by atoms with Gasteiger partial charge in [0.25, 0.3) is 0 Å². The minimum atomic E-state index is -0.594. The normalized spacial score (nSPS) is 12.6. The highest BCUT2D eigenvalue weighted by molar-refractivity contribution is 7.26. The molecule has 2 nitrogen and oxygen atoms in total. The van der Waals surface area contributed by atoms with E-state index in [-0.39, 0.29) is 0 Å². The third-order valence-corrected chi connectivity index (χ3v) is 28.2. The molecule has 1 spiro atoms. The van der Waals surface area contributed by atoms with Crippen LogP contribution in [0.1, 0.15) is 22.3 Å². The second kappa shape index (κ2) is 26.5. The van der Waals surface area contributed by atoms with E-state index in [0.717, 1.165) is 61.9 Å². The van der Waals surface area contributed by atoms with Crippen molar-refractivity contribution in [1.29, 1.82) is 0 Å². The van der Waals surface area contributed by atoms with Crippen molar-refractivity contribution in [1.82, 2.24) is 0 Å². The summed E-state index contributed by atoms with van der Waals surface area (Å²) in [6.07, 6.45) is 0. The topological polar surface area (TPSA) is 6.48 Å². The van der Waals surface area contributed by atoms with Crippen LogP contribution in [-0.4, -0.2) is 0 Å². The zero-order chi connectivity index (χ0) is 76.1. The fourth-order valence-electron chi connectivity index (χ4n) is 19.4. The van der Waals surface area contributed by atoms with Crippen LogP contribution < -0.4 is 9.80 Å². The first-order valence-corrected chi connectivity index (χ1v) is 42.3. The third-order valence-electron chi connectivity index (χ3n) is 24.7. The summed E-state index contributed by atoms with van der Waals surface area (Å²) < 4.78 is 7.71. The number of hydrogen-bond donors (Lipinski definition) is 0. The van der Waals surface area contributed by atoms with Crippen LogP contribution in [0.2, 0.25) is 0 Å². The van der Waals surface area contributed by atoms with Gasteiger partial charge >= 0.3 is 0 Å². The molecule has 0 bridgehead atoms. The molecule has 540 valence electrons. The molecule has 24 rings (SSSR count). The molecule has 2 aliphatic carbocycles. The highest BCUT2D eigenvalue weighted by atomic mass is 32.1. The summed E-state index contributed by atoms with van der Waals surface area (Å²) in [6, 6.07) is 156. The first-order chi connectivity index (χ1) is 57.5. The summed E-state index contributed by atoms with van der Waals surface area (Å²) in [5, 5.41) is 12.6. The molecule has 0 N–H and O–H groups in total. The van der Waals surface area contributed by atoms with Gasteiger partial charge in [-0.2, -0.15) is 0 Å². The second-order valence-corrected chi connectivity index (χ2v) is 34.1. The monoisotopic (exact) mass is 1520 g/mol. The SMILES string of the molecule is c1ccc(N(c2ccc(-c3ccc4c(c3)C3(c5ccccc5-c5ccccc53)c3ccc(-c5ccc(-c6ccc7sc8ccccc8c7c6)c(N(c6ccc(-c7cccc8ccccc78)cc6)c6ccc7c(c6)sc6ccccc67)c5)cc3-4)cc2)c2ccc(-c3cccc4ccccc34)cc2)c(-c2ccc3sc4ccccc4c3c2)c1. The Bertz CT molecular complexity index is 7730. The van der Waals surface area contributed by atoms with Crippen LogP contribution in [0.4, 0.5) is 34.1 Å². The van der Waals surface area contributed by atoms with Crippen molar-refractivity contribution in [2.75, 3.05) is 9.80 Å². The zero-order valence-corrected chi connectivity index (χ0v) is 65.3. The van der Waals surface area contributed by atoms with Gasteiger partial charge < -0.3 is 9.80 Å². The van der Waals surface area contributed by atoms with Crippen molar-refractivity contribution in [3.8, 4) is 89.0 Å². The molecule has 0 amide bonds. The number of hydrogen-bond acceptors (Lipinski definition) is 5. The van der Waals surface area contributed by atoms with Gasteiger partial charge in [0, 0.05) is 94.4 Å². The Labute approximate surface area is 683 Å². The van der Waals surface area contributed by atoms with Crippen LogP contribution >= 0.6 is 34.0 Å². The fraction of sp³-hybridized carbons (Fsp3) is 0.00901. The van der Waals surface area contributed by atoms with Crippen molar-refractivity contribution in [3.63, 3.8) is 0 Å². The molecule has 0 unspecified atom stereocenters. The molecule has 0 saturated carbocycles. The van der Waals surface area contributed by atoms with Crippen molar-refractivity contribution in [2.45, 2.75) is 5.41 Å².